The predicted octanol–water partition coefficient (Wildman–Crippen LogP) is 0.930. The van der Waals surface area contributed by atoms with Gasteiger partial charge in [-0.15, -0.1) is 0 Å². The number of nitrogens with one attached hydrogen (secondary N) is 1. The minimum atomic E-state index is -0.740. The highest BCUT2D eigenvalue weighted by Gasteiger charge is 2.18. The van der Waals surface area contributed by atoms with Crippen molar-refractivity contribution >= 4 is 11.7 Å². The van der Waals surface area contributed by atoms with Gasteiger partial charge in [0.2, 0.25) is 0 Å². The maximum absolute atomic E-state index is 10.6. The van der Waals surface area contributed by atoms with Gasteiger partial charge in [0.25, 0.3) is 0 Å². The van der Waals surface area contributed by atoms with Gasteiger partial charge in [-0.3, -0.25) is 14.6 Å². The van der Waals surface area contributed by atoms with Crippen LogP contribution in [0.3, 0.4) is 0 Å². The van der Waals surface area contributed by atoms with Crippen LogP contribution in [0.1, 0.15) is 5.56 Å². The number of rotatable bonds is 5. The van der Waals surface area contributed by atoms with Crippen LogP contribution < -0.4 is 5.32 Å². The fraction of sp³-hybridized carbons (Fsp3) is 0.500. The second-order valence-electron chi connectivity index (χ2n) is 4.89. The Morgan fingerprint density at radius 1 is 1.16 bits per heavy atom. The number of nitrogens with zero attached hydrogens (tertiary/aromatic N) is 2. The molecule has 5 nitrogen and oxygen atoms in total. The van der Waals surface area contributed by atoms with Crippen molar-refractivity contribution in [1.29, 1.82) is 0 Å². The molecule has 0 aliphatic carbocycles. The molecule has 2 N–H and O–H groups in total. The third-order valence-electron chi connectivity index (χ3n) is 3.47. The van der Waals surface area contributed by atoms with Gasteiger partial charge in [0, 0.05) is 45.5 Å². The molecule has 1 saturated heterocycles. The topological polar surface area (TPSA) is 55.8 Å². The predicted molar refractivity (Wildman–Crippen MR) is 75.3 cm³/mol. The van der Waals surface area contributed by atoms with Crippen molar-refractivity contribution in [3.05, 3.63) is 29.8 Å². The average Bonchev–Trinajstić information content (AvgIpc) is 2.41. The summed E-state index contributed by atoms with van der Waals surface area (Å²) in [5.74, 6) is -0.740. The normalized spacial score (nSPS) is 17.3. The summed E-state index contributed by atoms with van der Waals surface area (Å²) in [6.07, 6.45) is 0. The van der Waals surface area contributed by atoms with Crippen LogP contribution in [0, 0.1) is 0 Å². The summed E-state index contributed by atoms with van der Waals surface area (Å²) in [6.45, 7) is 4.62. The Balaban J connectivity index is 1.80. The Bertz CT molecular complexity index is 411. The van der Waals surface area contributed by atoms with Crippen molar-refractivity contribution < 1.29 is 9.90 Å². The van der Waals surface area contributed by atoms with Crippen LogP contribution in [0.4, 0.5) is 5.69 Å². The molecular formula is C14H21N3O2. The second-order valence-corrected chi connectivity index (χ2v) is 4.89. The van der Waals surface area contributed by atoms with E-state index >= 15 is 0 Å². The molecule has 1 aromatic carbocycles. The number of carboxylic acid groups (broad SMARTS) is 1. The first-order valence-corrected chi connectivity index (χ1v) is 6.60. The fourth-order valence-corrected chi connectivity index (χ4v) is 2.33. The van der Waals surface area contributed by atoms with Gasteiger partial charge in [-0.05, 0) is 17.7 Å². The van der Waals surface area contributed by atoms with E-state index in [0.29, 0.717) is 0 Å². The first kappa shape index (κ1) is 13.8. The molecule has 0 atom stereocenters. The van der Waals surface area contributed by atoms with Crippen LogP contribution >= 0.6 is 0 Å². The summed E-state index contributed by atoms with van der Waals surface area (Å²) in [6, 6.07) is 8.43. The highest BCUT2D eigenvalue weighted by Crippen LogP contribution is 2.12. The molecule has 2 rings (SSSR count). The zero-order chi connectivity index (χ0) is 13.7. The number of anilines is 1. The van der Waals surface area contributed by atoms with Gasteiger partial charge in [0.1, 0.15) is 0 Å². The zero-order valence-corrected chi connectivity index (χ0v) is 11.3. The van der Waals surface area contributed by atoms with Crippen LogP contribution in [0.25, 0.3) is 0 Å². The lowest BCUT2D eigenvalue weighted by atomic mass is 10.2. The molecule has 104 valence electrons. The van der Waals surface area contributed by atoms with Crippen LogP contribution in [0.15, 0.2) is 24.3 Å². The lowest BCUT2D eigenvalue weighted by Crippen LogP contribution is -2.47. The van der Waals surface area contributed by atoms with Gasteiger partial charge in [-0.25, -0.2) is 0 Å². The summed E-state index contributed by atoms with van der Waals surface area (Å²) < 4.78 is 0. The summed E-state index contributed by atoms with van der Waals surface area (Å²) in [4.78, 5) is 15.0. The zero-order valence-electron chi connectivity index (χ0n) is 11.3. The number of benzene rings is 1. The summed E-state index contributed by atoms with van der Waals surface area (Å²) in [7, 11) is 1.91. The van der Waals surface area contributed by atoms with Crippen molar-refractivity contribution in [2.45, 2.75) is 6.54 Å². The minimum absolute atomic E-state index is 0.157. The molecule has 0 spiro atoms. The monoisotopic (exact) mass is 263 g/mol. The van der Waals surface area contributed by atoms with E-state index in [1.807, 2.05) is 11.9 Å². The van der Waals surface area contributed by atoms with Gasteiger partial charge in [-0.2, -0.15) is 0 Å². The first-order chi connectivity index (χ1) is 9.17. The van der Waals surface area contributed by atoms with Crippen LogP contribution in [0.2, 0.25) is 0 Å². The average molecular weight is 263 g/mol. The molecule has 1 fully saturated rings. The van der Waals surface area contributed by atoms with Crippen LogP contribution in [-0.2, 0) is 11.3 Å². The Morgan fingerprint density at radius 3 is 2.26 bits per heavy atom. The fourth-order valence-electron chi connectivity index (χ4n) is 2.33. The SMILES string of the molecule is CNc1ccc(CN2CCN(CC(=O)O)CC2)cc1. The van der Waals surface area contributed by atoms with Crippen molar-refractivity contribution in [3.63, 3.8) is 0 Å². The minimum Gasteiger partial charge on any atom is -0.480 e. The van der Waals surface area contributed by atoms with Gasteiger partial charge in [0.15, 0.2) is 0 Å². The van der Waals surface area contributed by atoms with E-state index in [1.165, 1.54) is 5.56 Å². The van der Waals surface area contributed by atoms with E-state index in [2.05, 4.69) is 34.5 Å². The number of piperazine rings is 1. The standard InChI is InChI=1S/C14H21N3O2/c1-15-13-4-2-12(3-5-13)10-16-6-8-17(9-7-16)11-14(18)19/h2-5,15H,6-11H2,1H3,(H,18,19). The molecule has 1 aliphatic heterocycles. The lowest BCUT2D eigenvalue weighted by molar-refractivity contribution is -0.138. The van der Waals surface area contributed by atoms with Gasteiger partial charge in [0.05, 0.1) is 6.54 Å². The largest absolute Gasteiger partial charge is 0.480 e. The Labute approximate surface area is 113 Å². The summed E-state index contributed by atoms with van der Waals surface area (Å²) >= 11 is 0. The van der Waals surface area contributed by atoms with Gasteiger partial charge < -0.3 is 10.4 Å². The third-order valence-corrected chi connectivity index (χ3v) is 3.47. The molecule has 0 bridgehead atoms. The molecule has 1 aliphatic rings. The van der Waals surface area contributed by atoms with Crippen molar-refractivity contribution in [3.8, 4) is 0 Å². The smallest absolute Gasteiger partial charge is 0.317 e. The summed E-state index contributed by atoms with van der Waals surface area (Å²) in [5.41, 5.74) is 2.42. The van der Waals surface area contributed by atoms with Crippen LogP contribution in [-0.4, -0.2) is 60.6 Å². The maximum atomic E-state index is 10.6. The third kappa shape index (κ3) is 4.22. The van der Waals surface area contributed by atoms with E-state index in [1.54, 1.807) is 0 Å². The molecule has 0 amide bonds. The number of carboxylic acids is 1. The molecule has 1 heterocycles. The van der Waals surface area contributed by atoms with Gasteiger partial charge >= 0.3 is 5.97 Å². The van der Waals surface area contributed by atoms with E-state index in [4.69, 9.17) is 5.11 Å². The highest BCUT2D eigenvalue weighted by molar-refractivity contribution is 5.69. The molecule has 19 heavy (non-hydrogen) atoms. The molecule has 0 radical (unpaired) electrons. The van der Waals surface area contributed by atoms with E-state index in [0.717, 1.165) is 38.4 Å². The number of hydrogen-bond acceptors (Lipinski definition) is 4. The number of hydrogen-bond donors (Lipinski definition) is 2. The Hall–Kier alpha value is -1.59. The number of aliphatic carboxylic acids is 1. The summed E-state index contributed by atoms with van der Waals surface area (Å²) in [5, 5.41) is 11.9. The highest BCUT2D eigenvalue weighted by atomic mass is 16.4. The molecule has 0 saturated carbocycles. The molecule has 1 aromatic rings. The van der Waals surface area contributed by atoms with E-state index in [-0.39, 0.29) is 6.54 Å². The Morgan fingerprint density at radius 2 is 1.74 bits per heavy atom. The molecule has 5 heteroatoms. The van der Waals surface area contributed by atoms with Crippen molar-refractivity contribution in [2.75, 3.05) is 45.1 Å². The quantitative estimate of drug-likeness (QED) is 0.827. The molecule has 0 aromatic heterocycles. The van der Waals surface area contributed by atoms with E-state index < -0.39 is 5.97 Å². The van der Waals surface area contributed by atoms with Gasteiger partial charge in [-0.1, -0.05) is 12.1 Å². The van der Waals surface area contributed by atoms with Crippen molar-refractivity contribution in [2.24, 2.45) is 0 Å². The van der Waals surface area contributed by atoms with Crippen LogP contribution in [0.5, 0.6) is 0 Å². The first-order valence-electron chi connectivity index (χ1n) is 6.60. The van der Waals surface area contributed by atoms with E-state index in [9.17, 15) is 4.79 Å². The Kier molecular flexibility index (Phi) is 4.76. The van der Waals surface area contributed by atoms with Crippen molar-refractivity contribution in [1.82, 2.24) is 9.80 Å². The molecule has 0 unspecified atom stereocenters. The lowest BCUT2D eigenvalue weighted by Gasteiger charge is -2.33. The maximum Gasteiger partial charge on any atom is 0.317 e. The second kappa shape index (κ2) is 6.54. The number of carbonyl (C=O) groups is 1. The molecular weight excluding hydrogens is 242 g/mol.